The number of nitrogens with zero attached hydrogens (tertiary/aromatic N) is 4. The summed E-state index contributed by atoms with van der Waals surface area (Å²) in [7, 11) is 0. The Balaban J connectivity index is 1.68. The minimum absolute atomic E-state index is 0.0828. The van der Waals surface area contributed by atoms with Gasteiger partial charge in [0, 0.05) is 11.5 Å². The molecule has 4 aromatic rings. The lowest BCUT2D eigenvalue weighted by Gasteiger charge is -2.10. The third kappa shape index (κ3) is 3.60. The highest BCUT2D eigenvalue weighted by molar-refractivity contribution is 7.16. The van der Waals surface area contributed by atoms with Gasteiger partial charge in [0.2, 0.25) is 4.96 Å². The molecule has 1 unspecified atom stereocenters. The van der Waals surface area contributed by atoms with E-state index in [0.717, 1.165) is 17.0 Å². The van der Waals surface area contributed by atoms with Crippen LogP contribution in [0.1, 0.15) is 42.8 Å². The second-order valence-corrected chi connectivity index (χ2v) is 8.40. The molecule has 0 bridgehead atoms. The van der Waals surface area contributed by atoms with Crippen LogP contribution < -0.4 is 5.56 Å². The second kappa shape index (κ2) is 7.64. The molecule has 0 fully saturated rings. The van der Waals surface area contributed by atoms with Crippen LogP contribution in [-0.4, -0.2) is 19.8 Å². The van der Waals surface area contributed by atoms with Gasteiger partial charge in [-0.05, 0) is 23.5 Å². The van der Waals surface area contributed by atoms with Crippen molar-refractivity contribution in [3.63, 3.8) is 0 Å². The molecule has 0 aliphatic heterocycles. The SMILES string of the molecule is CC(C)Cc1ccc(C(C)c2nn3c(=O)c(-c4ccccc4)nnc3s2)cc1. The number of aromatic nitrogens is 4. The van der Waals surface area contributed by atoms with Crippen molar-refractivity contribution in [2.45, 2.75) is 33.1 Å². The first kappa shape index (κ1) is 18.5. The molecule has 0 saturated heterocycles. The molecule has 2 heterocycles. The summed E-state index contributed by atoms with van der Waals surface area (Å²) in [5.41, 5.74) is 3.34. The van der Waals surface area contributed by atoms with Gasteiger partial charge in [0.15, 0.2) is 5.69 Å². The maximum absolute atomic E-state index is 12.9. The number of benzene rings is 2. The average molecular weight is 391 g/mol. The Morgan fingerprint density at radius 2 is 1.68 bits per heavy atom. The van der Waals surface area contributed by atoms with Gasteiger partial charge < -0.3 is 0 Å². The van der Waals surface area contributed by atoms with E-state index < -0.39 is 0 Å². The highest BCUT2D eigenvalue weighted by atomic mass is 32.1. The molecule has 0 saturated carbocycles. The molecule has 6 heteroatoms. The number of rotatable bonds is 5. The number of hydrogen-bond acceptors (Lipinski definition) is 5. The minimum Gasteiger partial charge on any atom is -0.265 e. The Morgan fingerprint density at radius 1 is 0.964 bits per heavy atom. The van der Waals surface area contributed by atoms with E-state index in [4.69, 9.17) is 0 Å². The second-order valence-electron chi connectivity index (χ2n) is 7.42. The van der Waals surface area contributed by atoms with Crippen LogP contribution in [0.2, 0.25) is 0 Å². The van der Waals surface area contributed by atoms with Crippen molar-refractivity contribution in [1.29, 1.82) is 0 Å². The summed E-state index contributed by atoms with van der Waals surface area (Å²) in [5.74, 6) is 0.719. The topological polar surface area (TPSA) is 60.2 Å². The van der Waals surface area contributed by atoms with Crippen LogP contribution in [0.5, 0.6) is 0 Å². The van der Waals surface area contributed by atoms with E-state index in [0.29, 0.717) is 16.6 Å². The van der Waals surface area contributed by atoms with Gasteiger partial charge in [0.25, 0.3) is 0 Å². The van der Waals surface area contributed by atoms with Crippen LogP contribution in [0.3, 0.4) is 0 Å². The molecule has 0 aliphatic carbocycles. The summed E-state index contributed by atoms with van der Waals surface area (Å²) in [6.07, 6.45) is 1.07. The van der Waals surface area contributed by atoms with Gasteiger partial charge in [-0.1, -0.05) is 86.7 Å². The zero-order chi connectivity index (χ0) is 19.7. The van der Waals surface area contributed by atoms with E-state index in [2.05, 4.69) is 60.3 Å². The third-order valence-corrected chi connectivity index (χ3v) is 5.83. The Hall–Kier alpha value is -2.86. The Kier molecular flexibility index (Phi) is 5.05. The zero-order valence-electron chi connectivity index (χ0n) is 16.2. The molecular formula is C22H22N4OS. The summed E-state index contributed by atoms with van der Waals surface area (Å²) in [5, 5.41) is 13.8. The predicted octanol–water partition coefficient (Wildman–Crippen LogP) is 4.56. The summed E-state index contributed by atoms with van der Waals surface area (Å²) < 4.78 is 1.37. The van der Waals surface area contributed by atoms with Crippen molar-refractivity contribution < 1.29 is 0 Å². The molecule has 2 aromatic carbocycles. The number of hydrogen-bond donors (Lipinski definition) is 0. The van der Waals surface area contributed by atoms with E-state index in [1.54, 1.807) is 0 Å². The van der Waals surface area contributed by atoms with Crippen molar-refractivity contribution >= 4 is 16.3 Å². The highest BCUT2D eigenvalue weighted by Crippen LogP contribution is 2.28. The molecule has 1 atom stereocenters. The minimum atomic E-state index is -0.238. The Morgan fingerprint density at radius 3 is 2.36 bits per heavy atom. The van der Waals surface area contributed by atoms with Gasteiger partial charge >= 0.3 is 5.56 Å². The van der Waals surface area contributed by atoms with Crippen molar-refractivity contribution in [1.82, 2.24) is 19.8 Å². The smallest absolute Gasteiger partial charge is 0.265 e. The largest absolute Gasteiger partial charge is 0.302 e. The lowest BCUT2D eigenvalue weighted by Crippen LogP contribution is -2.19. The van der Waals surface area contributed by atoms with Gasteiger partial charge in [-0.2, -0.15) is 9.61 Å². The fraction of sp³-hybridized carbons (Fsp3) is 0.273. The monoisotopic (exact) mass is 390 g/mol. The first-order valence-electron chi connectivity index (χ1n) is 9.43. The van der Waals surface area contributed by atoms with Crippen LogP contribution in [0.25, 0.3) is 16.2 Å². The first-order chi connectivity index (χ1) is 13.5. The quantitative estimate of drug-likeness (QED) is 0.501. The molecule has 28 heavy (non-hydrogen) atoms. The Bertz CT molecular complexity index is 1150. The molecule has 4 rings (SSSR count). The molecule has 0 N–H and O–H groups in total. The molecule has 142 valence electrons. The van der Waals surface area contributed by atoms with Crippen molar-refractivity contribution in [3.8, 4) is 11.3 Å². The van der Waals surface area contributed by atoms with Gasteiger partial charge in [0.05, 0.1) is 0 Å². The summed E-state index contributed by atoms with van der Waals surface area (Å²) in [6.45, 7) is 6.55. The Labute approximate surface area is 167 Å². The summed E-state index contributed by atoms with van der Waals surface area (Å²) >= 11 is 1.41. The molecule has 0 spiro atoms. The first-order valence-corrected chi connectivity index (χ1v) is 10.3. The number of fused-ring (bicyclic) bond motifs is 1. The van der Waals surface area contributed by atoms with Crippen LogP contribution in [-0.2, 0) is 6.42 Å². The van der Waals surface area contributed by atoms with E-state index in [1.807, 2.05) is 30.3 Å². The van der Waals surface area contributed by atoms with Crippen LogP contribution in [0, 0.1) is 5.92 Å². The maximum atomic E-state index is 12.9. The predicted molar refractivity (Wildman–Crippen MR) is 113 cm³/mol. The lowest BCUT2D eigenvalue weighted by atomic mass is 9.97. The van der Waals surface area contributed by atoms with E-state index in [-0.39, 0.29) is 11.5 Å². The molecular weight excluding hydrogens is 368 g/mol. The van der Waals surface area contributed by atoms with Gasteiger partial charge in [-0.25, -0.2) is 0 Å². The van der Waals surface area contributed by atoms with E-state index in [1.165, 1.54) is 27.0 Å². The molecule has 0 radical (unpaired) electrons. The van der Waals surface area contributed by atoms with Gasteiger partial charge in [0.1, 0.15) is 5.01 Å². The fourth-order valence-electron chi connectivity index (χ4n) is 3.24. The summed E-state index contributed by atoms with van der Waals surface area (Å²) in [4.78, 5) is 13.4. The molecule has 0 amide bonds. The van der Waals surface area contributed by atoms with Crippen LogP contribution in [0.15, 0.2) is 59.4 Å². The van der Waals surface area contributed by atoms with Crippen LogP contribution >= 0.6 is 11.3 Å². The van der Waals surface area contributed by atoms with E-state index >= 15 is 0 Å². The fourth-order valence-corrected chi connectivity index (χ4v) is 4.15. The normalized spacial score (nSPS) is 12.6. The maximum Gasteiger partial charge on any atom is 0.302 e. The summed E-state index contributed by atoms with van der Waals surface area (Å²) in [6, 6.07) is 18.0. The lowest BCUT2D eigenvalue weighted by molar-refractivity contribution is 0.647. The molecule has 0 aliphatic rings. The van der Waals surface area contributed by atoms with Gasteiger partial charge in [-0.15, -0.1) is 10.2 Å². The van der Waals surface area contributed by atoms with Crippen molar-refractivity contribution in [2.75, 3.05) is 0 Å². The van der Waals surface area contributed by atoms with Crippen LogP contribution in [0.4, 0.5) is 0 Å². The average Bonchev–Trinajstić information content (AvgIpc) is 3.14. The third-order valence-electron chi connectivity index (χ3n) is 4.75. The van der Waals surface area contributed by atoms with E-state index in [9.17, 15) is 4.79 Å². The van der Waals surface area contributed by atoms with Crippen molar-refractivity contribution in [3.05, 3.63) is 81.1 Å². The highest BCUT2D eigenvalue weighted by Gasteiger charge is 2.18. The molecule has 5 nitrogen and oxygen atoms in total. The van der Waals surface area contributed by atoms with Crippen molar-refractivity contribution in [2.24, 2.45) is 5.92 Å². The van der Waals surface area contributed by atoms with Gasteiger partial charge in [-0.3, -0.25) is 4.79 Å². The zero-order valence-corrected chi connectivity index (χ0v) is 17.0. The standard InChI is InChI=1S/C22H22N4OS/c1-14(2)13-16-9-11-17(12-10-16)15(3)20-25-26-21(27)19(23-24-22(26)28-20)18-7-5-4-6-8-18/h4-12,14-15H,13H2,1-3H3. The molecule has 2 aromatic heterocycles.